The van der Waals surface area contributed by atoms with Crippen LogP contribution in [0.3, 0.4) is 0 Å². The molecule has 1 aliphatic heterocycles. The molecule has 20 heavy (non-hydrogen) atoms. The average molecular weight is 276 g/mol. The van der Waals surface area contributed by atoms with Crippen molar-refractivity contribution in [1.29, 1.82) is 0 Å². The van der Waals surface area contributed by atoms with Crippen molar-refractivity contribution in [3.63, 3.8) is 0 Å². The molecule has 5 heteroatoms. The highest BCUT2D eigenvalue weighted by molar-refractivity contribution is 5.75. The Hall–Kier alpha value is -1.62. The van der Waals surface area contributed by atoms with E-state index in [1.807, 2.05) is 50.1 Å². The lowest BCUT2D eigenvalue weighted by Gasteiger charge is -2.36. The average Bonchev–Trinajstić information content (AvgIpc) is 2.39. The Morgan fingerprint density at radius 1 is 1.25 bits per heavy atom. The number of carbonyl (C=O) groups excluding carboxylic acids is 1. The zero-order valence-electron chi connectivity index (χ0n) is 12.6. The van der Waals surface area contributed by atoms with Crippen LogP contribution in [-0.4, -0.2) is 52.5 Å². The van der Waals surface area contributed by atoms with E-state index in [4.69, 9.17) is 0 Å². The molecule has 0 spiro atoms. The van der Waals surface area contributed by atoms with Crippen molar-refractivity contribution in [2.75, 3.05) is 26.2 Å². The minimum absolute atomic E-state index is 0.0370. The van der Waals surface area contributed by atoms with Gasteiger partial charge in [0.2, 0.25) is 0 Å². The Kier molecular flexibility index (Phi) is 4.60. The third-order valence-electron chi connectivity index (χ3n) is 3.25. The molecule has 0 aromatic carbocycles. The molecule has 1 aromatic heterocycles. The number of aromatic nitrogens is 1. The summed E-state index contributed by atoms with van der Waals surface area (Å²) in [5, 5.41) is 3.01. The van der Waals surface area contributed by atoms with Crippen molar-refractivity contribution in [3.05, 3.63) is 30.1 Å². The van der Waals surface area contributed by atoms with Crippen molar-refractivity contribution in [2.24, 2.45) is 0 Å². The quantitative estimate of drug-likeness (QED) is 0.894. The minimum Gasteiger partial charge on any atom is -0.333 e. The zero-order chi connectivity index (χ0) is 14.6. The molecule has 110 valence electrons. The molecule has 1 aliphatic rings. The molecule has 2 rings (SSSR count). The Balaban J connectivity index is 1.79. The second kappa shape index (κ2) is 6.22. The molecule has 0 radical (unpaired) electrons. The van der Waals surface area contributed by atoms with Crippen LogP contribution in [-0.2, 0) is 6.54 Å². The fourth-order valence-corrected chi connectivity index (χ4v) is 2.23. The largest absolute Gasteiger partial charge is 0.333 e. The number of piperazine rings is 1. The number of rotatable bonds is 2. The number of nitrogens with one attached hydrogen (secondary N) is 1. The Labute approximate surface area is 121 Å². The monoisotopic (exact) mass is 276 g/mol. The lowest BCUT2D eigenvalue weighted by molar-refractivity contribution is 0.130. The van der Waals surface area contributed by atoms with E-state index in [1.165, 1.54) is 0 Å². The molecule has 0 saturated carbocycles. The Morgan fingerprint density at radius 2 is 1.95 bits per heavy atom. The highest BCUT2D eigenvalue weighted by atomic mass is 16.2. The molecule has 1 saturated heterocycles. The third kappa shape index (κ3) is 4.49. The van der Waals surface area contributed by atoms with E-state index in [-0.39, 0.29) is 11.6 Å². The summed E-state index contributed by atoms with van der Waals surface area (Å²) < 4.78 is 0. The van der Waals surface area contributed by atoms with E-state index in [0.717, 1.165) is 38.4 Å². The smallest absolute Gasteiger partial charge is 0.317 e. The van der Waals surface area contributed by atoms with Crippen LogP contribution in [0, 0.1) is 0 Å². The number of urea groups is 1. The van der Waals surface area contributed by atoms with Crippen LogP contribution in [0.25, 0.3) is 0 Å². The van der Waals surface area contributed by atoms with E-state index in [0.29, 0.717) is 0 Å². The van der Waals surface area contributed by atoms with Crippen LogP contribution in [0.2, 0.25) is 0 Å². The van der Waals surface area contributed by atoms with Crippen molar-refractivity contribution < 1.29 is 4.79 Å². The van der Waals surface area contributed by atoms with Crippen LogP contribution < -0.4 is 5.32 Å². The Morgan fingerprint density at radius 3 is 2.50 bits per heavy atom. The molecule has 0 unspecified atom stereocenters. The maximum Gasteiger partial charge on any atom is 0.317 e. The standard InChI is InChI=1S/C15H24N4O/c1-15(2,3)17-14(20)19-10-8-18(9-11-19)12-13-6-4-5-7-16-13/h4-7H,8-12H2,1-3H3,(H,17,20). The zero-order valence-corrected chi connectivity index (χ0v) is 12.6. The second-order valence-corrected chi connectivity index (χ2v) is 6.26. The summed E-state index contributed by atoms with van der Waals surface area (Å²) in [7, 11) is 0. The maximum absolute atomic E-state index is 12.1. The number of carbonyl (C=O) groups is 1. The van der Waals surface area contributed by atoms with Gasteiger partial charge in [-0.2, -0.15) is 0 Å². The molecule has 1 aromatic rings. The Bertz CT molecular complexity index is 433. The summed E-state index contributed by atoms with van der Waals surface area (Å²) in [6.07, 6.45) is 1.82. The fraction of sp³-hybridized carbons (Fsp3) is 0.600. The van der Waals surface area contributed by atoms with Gasteiger partial charge >= 0.3 is 6.03 Å². The van der Waals surface area contributed by atoms with Gasteiger partial charge in [-0.1, -0.05) is 6.07 Å². The summed E-state index contributed by atoms with van der Waals surface area (Å²) in [6.45, 7) is 10.2. The first kappa shape index (κ1) is 14.8. The van der Waals surface area contributed by atoms with E-state index in [1.54, 1.807) is 0 Å². The van der Waals surface area contributed by atoms with Gasteiger partial charge in [0.1, 0.15) is 0 Å². The van der Waals surface area contributed by atoms with Crippen LogP contribution in [0.15, 0.2) is 24.4 Å². The molecular weight excluding hydrogens is 252 g/mol. The maximum atomic E-state index is 12.1. The van der Waals surface area contributed by atoms with Crippen molar-refractivity contribution in [1.82, 2.24) is 20.1 Å². The van der Waals surface area contributed by atoms with E-state index in [9.17, 15) is 4.79 Å². The summed E-state index contributed by atoms with van der Waals surface area (Å²) in [5.74, 6) is 0. The SMILES string of the molecule is CC(C)(C)NC(=O)N1CCN(Cc2ccccn2)CC1. The molecule has 1 fully saturated rings. The normalized spacial score (nSPS) is 17.1. The summed E-state index contributed by atoms with van der Waals surface area (Å²) in [4.78, 5) is 20.6. The minimum atomic E-state index is -0.178. The summed E-state index contributed by atoms with van der Waals surface area (Å²) in [5.41, 5.74) is 0.905. The molecule has 2 amide bonds. The van der Waals surface area contributed by atoms with Gasteiger partial charge in [0.25, 0.3) is 0 Å². The topological polar surface area (TPSA) is 48.5 Å². The van der Waals surface area contributed by atoms with E-state index in [2.05, 4.69) is 15.2 Å². The third-order valence-corrected chi connectivity index (χ3v) is 3.25. The van der Waals surface area contributed by atoms with E-state index < -0.39 is 0 Å². The lowest BCUT2D eigenvalue weighted by atomic mass is 10.1. The molecule has 0 aliphatic carbocycles. The highest BCUT2D eigenvalue weighted by Crippen LogP contribution is 2.08. The van der Waals surface area contributed by atoms with Crippen LogP contribution in [0.5, 0.6) is 0 Å². The molecular formula is C15H24N4O. The summed E-state index contributed by atoms with van der Waals surface area (Å²) >= 11 is 0. The molecule has 1 N–H and O–H groups in total. The van der Waals surface area contributed by atoms with Crippen LogP contribution in [0.4, 0.5) is 4.79 Å². The molecule has 0 atom stereocenters. The van der Waals surface area contributed by atoms with Gasteiger partial charge in [0.05, 0.1) is 5.69 Å². The first-order valence-corrected chi connectivity index (χ1v) is 7.13. The predicted octanol–water partition coefficient (Wildman–Crippen LogP) is 1.71. The van der Waals surface area contributed by atoms with Crippen molar-refractivity contribution in [2.45, 2.75) is 32.9 Å². The van der Waals surface area contributed by atoms with Crippen molar-refractivity contribution >= 4 is 6.03 Å². The second-order valence-electron chi connectivity index (χ2n) is 6.26. The molecule has 2 heterocycles. The number of nitrogens with zero attached hydrogens (tertiary/aromatic N) is 3. The summed E-state index contributed by atoms with van der Waals surface area (Å²) in [6, 6.07) is 6.02. The van der Waals surface area contributed by atoms with Crippen LogP contribution >= 0.6 is 0 Å². The first-order valence-electron chi connectivity index (χ1n) is 7.13. The van der Waals surface area contributed by atoms with Gasteiger partial charge in [-0.15, -0.1) is 0 Å². The number of amides is 2. The number of hydrogen-bond acceptors (Lipinski definition) is 3. The van der Waals surface area contributed by atoms with Gasteiger partial charge in [-0.25, -0.2) is 4.79 Å². The predicted molar refractivity (Wildman–Crippen MR) is 79.4 cm³/mol. The molecule has 5 nitrogen and oxygen atoms in total. The fourth-order valence-electron chi connectivity index (χ4n) is 2.23. The highest BCUT2D eigenvalue weighted by Gasteiger charge is 2.23. The van der Waals surface area contributed by atoms with Gasteiger partial charge in [0.15, 0.2) is 0 Å². The number of hydrogen-bond donors (Lipinski definition) is 1. The van der Waals surface area contributed by atoms with Crippen molar-refractivity contribution in [3.8, 4) is 0 Å². The first-order chi connectivity index (χ1) is 9.44. The molecule has 0 bridgehead atoms. The van der Waals surface area contributed by atoms with Gasteiger partial charge in [-0.3, -0.25) is 9.88 Å². The van der Waals surface area contributed by atoms with E-state index >= 15 is 0 Å². The van der Waals surface area contributed by atoms with Gasteiger partial charge in [-0.05, 0) is 32.9 Å². The number of pyridine rings is 1. The van der Waals surface area contributed by atoms with Gasteiger partial charge in [0, 0.05) is 44.5 Å². The van der Waals surface area contributed by atoms with Crippen LogP contribution in [0.1, 0.15) is 26.5 Å². The lowest BCUT2D eigenvalue weighted by Crippen LogP contribution is -2.54. The van der Waals surface area contributed by atoms with Gasteiger partial charge < -0.3 is 10.2 Å².